The topological polar surface area (TPSA) is 83.0 Å². The van der Waals surface area contributed by atoms with E-state index < -0.39 is 10.6 Å². The van der Waals surface area contributed by atoms with Gasteiger partial charge in [0.05, 0.1) is 22.7 Å². The normalized spacial score (nSPS) is 11.0. The molecule has 0 spiro atoms. The zero-order valence-electron chi connectivity index (χ0n) is 14.6. The van der Waals surface area contributed by atoms with E-state index in [-0.39, 0.29) is 5.69 Å². The highest BCUT2D eigenvalue weighted by molar-refractivity contribution is 5.93. The molecule has 134 valence electrons. The highest BCUT2D eigenvalue weighted by atomic mass is 16.6. The number of benzene rings is 2. The number of nitrogens with zero attached hydrogens (tertiary/aromatic N) is 4. The number of nitro groups is 1. The van der Waals surface area contributed by atoms with E-state index in [0.29, 0.717) is 23.1 Å². The number of hydrogen-bond donors (Lipinski definition) is 0. The van der Waals surface area contributed by atoms with Crippen LogP contribution >= 0.6 is 0 Å². The van der Waals surface area contributed by atoms with Crippen molar-refractivity contribution in [3.8, 4) is 11.3 Å². The van der Waals surface area contributed by atoms with E-state index in [1.54, 1.807) is 10.6 Å². The molecule has 0 saturated carbocycles. The second kappa shape index (κ2) is 6.53. The molecule has 2 aromatic carbocycles. The molecule has 0 fully saturated rings. The van der Waals surface area contributed by atoms with E-state index in [2.05, 4.69) is 4.98 Å². The molecule has 0 bridgehead atoms. The highest BCUT2D eigenvalue weighted by Crippen LogP contribution is 2.28. The Bertz CT molecular complexity index is 1210. The van der Waals surface area contributed by atoms with E-state index in [9.17, 15) is 14.9 Å². The number of non-ortho nitro benzene ring substituents is 1. The maximum atomic E-state index is 12.8. The first-order valence-corrected chi connectivity index (χ1v) is 8.39. The van der Waals surface area contributed by atoms with Gasteiger partial charge in [0.2, 0.25) is 0 Å². The molecular weight excluding hydrogens is 344 g/mol. The Morgan fingerprint density at radius 2 is 1.85 bits per heavy atom. The lowest BCUT2D eigenvalue weighted by atomic mass is 10.1. The zero-order chi connectivity index (χ0) is 19.0. The molecule has 0 aliphatic heterocycles. The van der Waals surface area contributed by atoms with Crippen molar-refractivity contribution in [2.24, 2.45) is 7.05 Å². The van der Waals surface area contributed by atoms with Crippen LogP contribution < -0.4 is 5.69 Å². The summed E-state index contributed by atoms with van der Waals surface area (Å²) in [6, 6.07) is 17.6. The first-order valence-electron chi connectivity index (χ1n) is 8.39. The molecule has 7 heteroatoms. The number of fused-ring (bicyclic) bond motifs is 1. The first-order chi connectivity index (χ1) is 13.0. The van der Waals surface area contributed by atoms with Gasteiger partial charge in [-0.1, -0.05) is 30.3 Å². The Labute approximate surface area is 154 Å². The average Bonchev–Trinajstić information content (AvgIpc) is 3.08. The molecule has 0 N–H and O–H groups in total. The predicted octanol–water partition coefficient (Wildman–Crippen LogP) is 3.36. The summed E-state index contributed by atoms with van der Waals surface area (Å²) in [5.74, 6) is 0. The van der Waals surface area contributed by atoms with Gasteiger partial charge in [0.1, 0.15) is 0 Å². The van der Waals surface area contributed by atoms with E-state index in [4.69, 9.17) is 0 Å². The standard InChI is InChI=1S/C20H16N4O3/c1-22-11-5-8-16(22)13-23-18-10-9-15(24(26)27)12-17(18)19(21-20(23)25)14-6-3-2-4-7-14/h2-12H,13H2,1H3. The summed E-state index contributed by atoms with van der Waals surface area (Å²) in [4.78, 5) is 27.9. The summed E-state index contributed by atoms with van der Waals surface area (Å²) in [7, 11) is 1.90. The van der Waals surface area contributed by atoms with Crippen molar-refractivity contribution in [1.82, 2.24) is 14.1 Å². The molecule has 4 rings (SSSR count). The van der Waals surface area contributed by atoms with Crippen molar-refractivity contribution < 1.29 is 4.92 Å². The van der Waals surface area contributed by atoms with Gasteiger partial charge in [-0.2, -0.15) is 4.98 Å². The summed E-state index contributed by atoms with van der Waals surface area (Å²) < 4.78 is 3.47. The van der Waals surface area contributed by atoms with Crippen LogP contribution in [0.5, 0.6) is 0 Å². The van der Waals surface area contributed by atoms with Gasteiger partial charge in [-0.15, -0.1) is 0 Å². The highest BCUT2D eigenvalue weighted by Gasteiger charge is 2.16. The number of rotatable bonds is 4. The molecule has 7 nitrogen and oxygen atoms in total. The molecular formula is C20H16N4O3. The zero-order valence-corrected chi connectivity index (χ0v) is 14.6. The fourth-order valence-electron chi connectivity index (χ4n) is 3.17. The second-order valence-corrected chi connectivity index (χ2v) is 6.26. The SMILES string of the molecule is Cn1cccc1Cn1c(=O)nc(-c2ccccc2)c2cc([N+](=O)[O-])ccc21. The number of nitro benzene ring substituents is 1. The molecule has 0 aliphatic carbocycles. The van der Waals surface area contributed by atoms with Crippen LogP contribution in [0.4, 0.5) is 5.69 Å². The summed E-state index contributed by atoms with van der Waals surface area (Å²) in [5.41, 5.74) is 2.31. The predicted molar refractivity (Wildman–Crippen MR) is 103 cm³/mol. The van der Waals surface area contributed by atoms with Crippen LogP contribution in [0.2, 0.25) is 0 Å². The summed E-state index contributed by atoms with van der Waals surface area (Å²) in [5, 5.41) is 11.8. The van der Waals surface area contributed by atoms with Crippen LogP contribution in [0.25, 0.3) is 22.2 Å². The molecule has 2 aromatic heterocycles. The fourth-order valence-corrected chi connectivity index (χ4v) is 3.17. The van der Waals surface area contributed by atoms with Crippen molar-refractivity contribution in [1.29, 1.82) is 0 Å². The lowest BCUT2D eigenvalue weighted by Gasteiger charge is -2.13. The quantitative estimate of drug-likeness (QED) is 0.413. The molecule has 0 aliphatic rings. The van der Waals surface area contributed by atoms with Crippen LogP contribution in [0, 0.1) is 10.1 Å². The maximum Gasteiger partial charge on any atom is 0.348 e. The third-order valence-corrected chi connectivity index (χ3v) is 4.59. The minimum atomic E-state index is -0.444. The van der Waals surface area contributed by atoms with Crippen molar-refractivity contribution in [2.45, 2.75) is 6.54 Å². The smallest absolute Gasteiger partial charge is 0.348 e. The summed E-state index contributed by atoms with van der Waals surface area (Å²) in [6.45, 7) is 0.332. The van der Waals surface area contributed by atoms with E-state index >= 15 is 0 Å². The van der Waals surface area contributed by atoms with Gasteiger partial charge in [0.15, 0.2) is 0 Å². The Balaban J connectivity index is 2.01. The molecule has 4 aromatic rings. The van der Waals surface area contributed by atoms with E-state index in [1.807, 2.05) is 60.3 Å². The first kappa shape index (κ1) is 16.7. The van der Waals surface area contributed by atoms with Crippen LogP contribution in [-0.2, 0) is 13.6 Å². The van der Waals surface area contributed by atoms with Gasteiger partial charge in [-0.05, 0) is 18.2 Å². The Morgan fingerprint density at radius 1 is 1.07 bits per heavy atom. The minimum absolute atomic E-state index is 0.0365. The molecule has 27 heavy (non-hydrogen) atoms. The van der Waals surface area contributed by atoms with Crippen molar-refractivity contribution >= 4 is 16.6 Å². The number of aryl methyl sites for hydroxylation is 1. The molecule has 0 unspecified atom stereocenters. The summed E-state index contributed by atoms with van der Waals surface area (Å²) >= 11 is 0. The van der Waals surface area contributed by atoms with Gasteiger partial charge < -0.3 is 4.57 Å². The fraction of sp³-hybridized carbons (Fsp3) is 0.100. The van der Waals surface area contributed by atoms with Gasteiger partial charge in [0.25, 0.3) is 5.69 Å². The van der Waals surface area contributed by atoms with Crippen LogP contribution in [0.15, 0.2) is 71.7 Å². The Kier molecular flexibility index (Phi) is 4.04. The van der Waals surface area contributed by atoms with Gasteiger partial charge in [-0.25, -0.2) is 4.79 Å². The van der Waals surface area contributed by atoms with Gasteiger partial charge in [-0.3, -0.25) is 14.7 Å². The van der Waals surface area contributed by atoms with Crippen LogP contribution in [0.1, 0.15) is 5.69 Å². The third-order valence-electron chi connectivity index (χ3n) is 4.59. The second-order valence-electron chi connectivity index (χ2n) is 6.26. The molecule has 0 radical (unpaired) electrons. The Morgan fingerprint density at radius 3 is 2.52 bits per heavy atom. The van der Waals surface area contributed by atoms with Crippen molar-refractivity contribution in [3.05, 3.63) is 93.2 Å². The maximum absolute atomic E-state index is 12.8. The average molecular weight is 360 g/mol. The number of hydrogen-bond acceptors (Lipinski definition) is 4. The largest absolute Gasteiger partial charge is 0.353 e. The molecule has 2 heterocycles. The lowest BCUT2D eigenvalue weighted by molar-refractivity contribution is -0.384. The van der Waals surface area contributed by atoms with Crippen LogP contribution in [0.3, 0.4) is 0 Å². The van der Waals surface area contributed by atoms with Crippen molar-refractivity contribution in [3.63, 3.8) is 0 Å². The lowest BCUT2D eigenvalue weighted by Crippen LogP contribution is -2.25. The third kappa shape index (κ3) is 2.99. The molecule has 0 amide bonds. The Hall–Kier alpha value is -3.74. The van der Waals surface area contributed by atoms with E-state index in [0.717, 1.165) is 11.3 Å². The van der Waals surface area contributed by atoms with E-state index in [1.165, 1.54) is 12.1 Å². The molecule has 0 atom stereocenters. The minimum Gasteiger partial charge on any atom is -0.353 e. The molecule has 0 saturated heterocycles. The van der Waals surface area contributed by atoms with Crippen LogP contribution in [-0.4, -0.2) is 19.0 Å². The summed E-state index contributed by atoms with van der Waals surface area (Å²) in [6.07, 6.45) is 1.90. The van der Waals surface area contributed by atoms with Gasteiger partial charge >= 0.3 is 5.69 Å². The van der Waals surface area contributed by atoms with Crippen molar-refractivity contribution in [2.75, 3.05) is 0 Å². The monoisotopic (exact) mass is 360 g/mol. The number of aromatic nitrogens is 3. The van der Waals surface area contributed by atoms with Gasteiger partial charge in [0, 0.05) is 42.0 Å².